The highest BCUT2D eigenvalue weighted by Gasteiger charge is 2.13. The molecule has 3 aromatic heterocycles. The summed E-state index contributed by atoms with van der Waals surface area (Å²) in [5, 5.41) is 5.69. The highest BCUT2D eigenvalue weighted by molar-refractivity contribution is 6.30. The first-order valence-corrected chi connectivity index (χ1v) is 9.24. The van der Waals surface area contributed by atoms with Crippen LogP contribution in [0, 0.1) is 0 Å². The molecule has 0 saturated carbocycles. The van der Waals surface area contributed by atoms with Gasteiger partial charge < -0.3 is 4.57 Å². The van der Waals surface area contributed by atoms with Crippen molar-refractivity contribution in [2.24, 2.45) is 0 Å². The molecule has 2 aromatic carbocycles. The Labute approximate surface area is 165 Å². The van der Waals surface area contributed by atoms with Crippen LogP contribution in [-0.2, 0) is 6.54 Å². The Bertz CT molecular complexity index is 1350. The molecule has 0 unspecified atom stereocenters. The zero-order chi connectivity index (χ0) is 19.1. The van der Waals surface area contributed by atoms with Crippen LogP contribution in [0.15, 0.2) is 84.0 Å². The van der Waals surface area contributed by atoms with Crippen LogP contribution in [0.25, 0.3) is 27.7 Å². The van der Waals surface area contributed by atoms with Crippen LogP contribution in [0.3, 0.4) is 0 Å². The molecule has 6 heteroatoms. The molecule has 0 N–H and O–H groups in total. The van der Waals surface area contributed by atoms with Gasteiger partial charge in [-0.25, -0.2) is 9.50 Å². The maximum absolute atomic E-state index is 13.0. The minimum atomic E-state index is -0.0840. The Hall–Kier alpha value is -3.44. The third-order valence-corrected chi connectivity index (χ3v) is 5.07. The average Bonchev–Trinajstić information content (AvgIpc) is 3.16. The molecule has 0 radical (unpaired) electrons. The molecular weight excluding hydrogens is 372 g/mol. The molecule has 0 spiro atoms. The fourth-order valence-electron chi connectivity index (χ4n) is 3.39. The molecule has 5 nitrogen and oxygen atoms in total. The molecule has 3 heterocycles. The molecule has 0 bridgehead atoms. The summed E-state index contributed by atoms with van der Waals surface area (Å²) in [7, 11) is 0. The van der Waals surface area contributed by atoms with Crippen LogP contribution in [-0.4, -0.2) is 19.2 Å². The molecule has 5 rings (SSSR count). The lowest BCUT2D eigenvalue weighted by Gasteiger charge is -2.08. The minimum absolute atomic E-state index is 0.0840. The van der Waals surface area contributed by atoms with E-state index in [-0.39, 0.29) is 5.56 Å². The number of fused-ring (bicyclic) bond motifs is 3. The highest BCUT2D eigenvalue weighted by Crippen LogP contribution is 2.26. The first kappa shape index (κ1) is 16.7. The van der Waals surface area contributed by atoms with E-state index in [9.17, 15) is 4.79 Å². The van der Waals surface area contributed by atoms with Crippen molar-refractivity contribution in [1.29, 1.82) is 0 Å². The summed E-state index contributed by atoms with van der Waals surface area (Å²) in [5.74, 6) is 0. The number of aromatic nitrogens is 4. The van der Waals surface area contributed by atoms with Gasteiger partial charge >= 0.3 is 0 Å². The largest absolute Gasteiger partial charge is 0.310 e. The van der Waals surface area contributed by atoms with Crippen LogP contribution < -0.4 is 5.56 Å². The fraction of sp³-hybridized carbons (Fsp3) is 0.0455. The van der Waals surface area contributed by atoms with Gasteiger partial charge in [0.05, 0.1) is 23.6 Å². The lowest BCUT2D eigenvalue weighted by Crippen LogP contribution is -2.21. The topological polar surface area (TPSA) is 52.2 Å². The van der Waals surface area contributed by atoms with Crippen molar-refractivity contribution in [3.8, 4) is 11.1 Å². The smallest absolute Gasteiger partial charge is 0.261 e. The van der Waals surface area contributed by atoms with Gasteiger partial charge in [0.15, 0.2) is 5.65 Å². The van der Waals surface area contributed by atoms with Gasteiger partial charge in [-0.15, -0.1) is 0 Å². The standard InChI is InChI=1S/C22H15ClN4O/c23-17-8-6-16(7-9-17)18-13-25-27-20-10-11-26(14-15-4-2-1-3-5-15)22(28)19(20)12-24-21(18)27/h1-13H,14H2. The molecule has 0 aliphatic rings. The van der Waals surface area contributed by atoms with E-state index in [1.165, 1.54) is 0 Å². The monoisotopic (exact) mass is 386 g/mol. The van der Waals surface area contributed by atoms with E-state index in [4.69, 9.17) is 11.6 Å². The van der Waals surface area contributed by atoms with Crippen molar-refractivity contribution in [2.45, 2.75) is 6.54 Å². The second-order valence-electron chi connectivity index (χ2n) is 6.59. The number of benzene rings is 2. The minimum Gasteiger partial charge on any atom is -0.310 e. The maximum atomic E-state index is 13.0. The number of pyridine rings is 1. The molecule has 0 aliphatic heterocycles. The van der Waals surface area contributed by atoms with Crippen LogP contribution >= 0.6 is 11.6 Å². The van der Waals surface area contributed by atoms with Gasteiger partial charge in [0.25, 0.3) is 5.56 Å². The predicted octanol–water partition coefficient (Wildman–Crippen LogP) is 4.41. The van der Waals surface area contributed by atoms with Gasteiger partial charge in [0, 0.05) is 23.0 Å². The van der Waals surface area contributed by atoms with Crippen molar-refractivity contribution in [3.63, 3.8) is 0 Å². The van der Waals surface area contributed by atoms with E-state index < -0.39 is 0 Å². The molecule has 136 valence electrons. The lowest BCUT2D eigenvalue weighted by molar-refractivity contribution is 0.765. The van der Waals surface area contributed by atoms with Gasteiger partial charge in [0.1, 0.15) is 0 Å². The van der Waals surface area contributed by atoms with Crippen molar-refractivity contribution in [3.05, 3.63) is 100 Å². The summed E-state index contributed by atoms with van der Waals surface area (Å²) in [4.78, 5) is 17.5. The van der Waals surface area contributed by atoms with Crippen LogP contribution in [0.1, 0.15) is 5.56 Å². The summed E-state index contributed by atoms with van der Waals surface area (Å²) in [6.07, 6.45) is 5.21. The van der Waals surface area contributed by atoms with Crippen molar-refractivity contribution in [1.82, 2.24) is 19.2 Å². The lowest BCUT2D eigenvalue weighted by atomic mass is 10.1. The normalized spacial score (nSPS) is 11.3. The Morgan fingerprint density at radius 2 is 1.71 bits per heavy atom. The second-order valence-corrected chi connectivity index (χ2v) is 7.03. The Morgan fingerprint density at radius 3 is 2.50 bits per heavy atom. The maximum Gasteiger partial charge on any atom is 0.261 e. The van der Waals surface area contributed by atoms with E-state index in [1.54, 1.807) is 27.7 Å². The summed E-state index contributed by atoms with van der Waals surface area (Å²) < 4.78 is 3.41. The highest BCUT2D eigenvalue weighted by atomic mass is 35.5. The molecule has 0 aliphatic carbocycles. The summed E-state index contributed by atoms with van der Waals surface area (Å²) >= 11 is 5.99. The summed E-state index contributed by atoms with van der Waals surface area (Å²) in [5.41, 5.74) is 4.30. The van der Waals surface area contributed by atoms with Crippen LogP contribution in [0.2, 0.25) is 5.02 Å². The van der Waals surface area contributed by atoms with Gasteiger partial charge in [-0.05, 0) is 29.3 Å². The Morgan fingerprint density at radius 1 is 0.929 bits per heavy atom. The molecule has 0 saturated heterocycles. The molecule has 5 aromatic rings. The Kier molecular flexibility index (Phi) is 3.95. The van der Waals surface area contributed by atoms with Gasteiger partial charge in [0.2, 0.25) is 0 Å². The van der Waals surface area contributed by atoms with E-state index in [0.717, 1.165) is 22.2 Å². The zero-order valence-electron chi connectivity index (χ0n) is 14.8. The van der Waals surface area contributed by atoms with Gasteiger partial charge in [-0.3, -0.25) is 4.79 Å². The third-order valence-electron chi connectivity index (χ3n) is 4.82. The molecule has 28 heavy (non-hydrogen) atoms. The first-order valence-electron chi connectivity index (χ1n) is 8.86. The molecular formula is C22H15ClN4O. The number of rotatable bonds is 3. The molecule has 0 atom stereocenters. The number of halogens is 1. The number of hydrogen-bond donors (Lipinski definition) is 0. The van der Waals surface area contributed by atoms with Crippen LogP contribution in [0.5, 0.6) is 0 Å². The van der Waals surface area contributed by atoms with Crippen LogP contribution in [0.4, 0.5) is 0 Å². The van der Waals surface area contributed by atoms with Crippen molar-refractivity contribution < 1.29 is 0 Å². The predicted molar refractivity (Wildman–Crippen MR) is 111 cm³/mol. The summed E-state index contributed by atoms with van der Waals surface area (Å²) in [6.45, 7) is 0.517. The van der Waals surface area contributed by atoms with E-state index in [2.05, 4.69) is 10.1 Å². The van der Waals surface area contributed by atoms with Gasteiger partial charge in [-0.1, -0.05) is 54.1 Å². The van der Waals surface area contributed by atoms with E-state index >= 15 is 0 Å². The number of nitrogens with zero attached hydrogens (tertiary/aromatic N) is 4. The quantitative estimate of drug-likeness (QED) is 0.461. The molecule has 0 amide bonds. The van der Waals surface area contributed by atoms with Gasteiger partial charge in [-0.2, -0.15) is 5.10 Å². The van der Waals surface area contributed by atoms with Crippen molar-refractivity contribution >= 4 is 28.2 Å². The third kappa shape index (κ3) is 2.77. The fourth-order valence-corrected chi connectivity index (χ4v) is 3.52. The second kappa shape index (κ2) is 6.62. The van der Waals surface area contributed by atoms with E-state index in [0.29, 0.717) is 22.6 Å². The molecule has 0 fully saturated rings. The van der Waals surface area contributed by atoms with E-state index in [1.807, 2.05) is 60.7 Å². The average molecular weight is 387 g/mol. The Balaban J connectivity index is 1.64. The summed E-state index contributed by atoms with van der Waals surface area (Å²) in [6, 6.07) is 19.4. The number of hydrogen-bond acceptors (Lipinski definition) is 3. The zero-order valence-corrected chi connectivity index (χ0v) is 15.5. The SMILES string of the molecule is O=c1c2cnc3c(-c4ccc(Cl)cc4)cnn3c2ccn1Cc1ccccc1. The van der Waals surface area contributed by atoms with Crippen molar-refractivity contribution in [2.75, 3.05) is 0 Å². The first-order chi connectivity index (χ1) is 13.7.